The molecule has 1 amide bonds. The third-order valence-electron chi connectivity index (χ3n) is 5.37. The Balaban J connectivity index is 1.34. The second-order valence-electron chi connectivity index (χ2n) is 7.62. The smallest absolute Gasteiger partial charge is 0.260 e. The number of amides is 1. The third-order valence-corrected chi connectivity index (χ3v) is 5.37. The lowest BCUT2D eigenvalue weighted by molar-refractivity contribution is -0.134. The Kier molecular flexibility index (Phi) is 6.50. The van der Waals surface area contributed by atoms with E-state index in [2.05, 4.69) is 4.98 Å². The SMILES string of the molecule is COc1cccc(Cc2cnc([C@H]3CCCN(C(=O)COc4cccc(F)c4)C3)o2)c1. The topological polar surface area (TPSA) is 64.8 Å². The second-order valence-corrected chi connectivity index (χ2v) is 7.62. The molecule has 0 unspecified atom stereocenters. The van der Waals surface area contributed by atoms with Crippen LogP contribution in [0.5, 0.6) is 11.5 Å². The summed E-state index contributed by atoms with van der Waals surface area (Å²) in [7, 11) is 1.64. The molecule has 31 heavy (non-hydrogen) atoms. The summed E-state index contributed by atoms with van der Waals surface area (Å²) >= 11 is 0. The maximum Gasteiger partial charge on any atom is 0.260 e. The average molecular weight is 424 g/mol. The number of hydrogen-bond acceptors (Lipinski definition) is 5. The van der Waals surface area contributed by atoms with Gasteiger partial charge in [-0.1, -0.05) is 18.2 Å². The van der Waals surface area contributed by atoms with Crippen LogP contribution in [0.25, 0.3) is 0 Å². The van der Waals surface area contributed by atoms with Crippen molar-refractivity contribution in [2.24, 2.45) is 0 Å². The van der Waals surface area contributed by atoms with Gasteiger partial charge in [0.1, 0.15) is 23.1 Å². The minimum atomic E-state index is -0.392. The Labute approximate surface area is 180 Å². The lowest BCUT2D eigenvalue weighted by Crippen LogP contribution is -2.41. The number of methoxy groups -OCH3 is 1. The zero-order chi connectivity index (χ0) is 21.6. The number of benzene rings is 2. The molecule has 1 fully saturated rings. The van der Waals surface area contributed by atoms with E-state index < -0.39 is 5.82 Å². The number of rotatable bonds is 7. The van der Waals surface area contributed by atoms with Gasteiger partial charge in [-0.05, 0) is 42.7 Å². The zero-order valence-electron chi connectivity index (χ0n) is 17.4. The number of oxazole rings is 1. The highest BCUT2D eigenvalue weighted by Gasteiger charge is 2.28. The number of aromatic nitrogens is 1. The van der Waals surface area contributed by atoms with Gasteiger partial charge in [0.05, 0.1) is 19.2 Å². The van der Waals surface area contributed by atoms with Crippen LogP contribution in [0, 0.1) is 5.82 Å². The molecule has 1 aliphatic heterocycles. The molecule has 3 aromatic rings. The molecule has 6 nitrogen and oxygen atoms in total. The molecule has 1 aliphatic rings. The highest BCUT2D eigenvalue weighted by molar-refractivity contribution is 5.78. The van der Waals surface area contributed by atoms with Crippen molar-refractivity contribution < 1.29 is 23.1 Å². The quantitative estimate of drug-likeness (QED) is 0.569. The molecule has 0 aliphatic carbocycles. The Morgan fingerprint density at radius 3 is 2.90 bits per heavy atom. The van der Waals surface area contributed by atoms with Gasteiger partial charge in [0.2, 0.25) is 0 Å². The monoisotopic (exact) mass is 424 g/mol. The molecule has 4 rings (SSSR count). The van der Waals surface area contributed by atoms with Gasteiger partial charge >= 0.3 is 0 Å². The maximum atomic E-state index is 13.3. The summed E-state index contributed by atoms with van der Waals surface area (Å²) in [6.45, 7) is 1.08. The van der Waals surface area contributed by atoms with Crippen LogP contribution >= 0.6 is 0 Å². The Hall–Kier alpha value is -3.35. The van der Waals surface area contributed by atoms with Crippen molar-refractivity contribution in [3.63, 3.8) is 0 Å². The van der Waals surface area contributed by atoms with E-state index in [1.54, 1.807) is 30.3 Å². The summed E-state index contributed by atoms with van der Waals surface area (Å²) in [5, 5.41) is 0. The first kappa shape index (κ1) is 20.9. The molecule has 0 spiro atoms. The predicted octanol–water partition coefficient (Wildman–Crippen LogP) is 4.20. The summed E-state index contributed by atoms with van der Waals surface area (Å²) in [5.41, 5.74) is 1.08. The zero-order valence-corrected chi connectivity index (χ0v) is 17.4. The molecule has 0 saturated carbocycles. The minimum Gasteiger partial charge on any atom is -0.497 e. The minimum absolute atomic E-state index is 0.0472. The van der Waals surface area contributed by atoms with Crippen molar-refractivity contribution in [2.45, 2.75) is 25.2 Å². The molecule has 2 heterocycles. The first-order chi connectivity index (χ1) is 15.1. The highest BCUT2D eigenvalue weighted by Crippen LogP contribution is 2.28. The summed E-state index contributed by atoms with van der Waals surface area (Å²) in [6, 6.07) is 13.6. The van der Waals surface area contributed by atoms with Crippen LogP contribution in [0.1, 0.15) is 36.0 Å². The Morgan fingerprint density at radius 1 is 1.23 bits per heavy atom. The first-order valence-corrected chi connectivity index (χ1v) is 10.3. The normalized spacial score (nSPS) is 16.2. The molecular weight excluding hydrogens is 399 g/mol. The standard InChI is InChI=1S/C24H25FN2O4/c1-29-20-8-2-5-17(11-20)12-22-14-26-24(31-22)18-6-4-10-27(15-18)23(28)16-30-21-9-3-7-19(25)13-21/h2-3,5,7-9,11,13-14,18H,4,6,10,12,15-16H2,1H3/t18-/m0/s1. The number of carbonyl (C=O) groups is 1. The van der Waals surface area contributed by atoms with Crippen molar-refractivity contribution in [1.82, 2.24) is 9.88 Å². The van der Waals surface area contributed by atoms with E-state index in [1.165, 1.54) is 12.1 Å². The highest BCUT2D eigenvalue weighted by atomic mass is 19.1. The van der Waals surface area contributed by atoms with Gasteiger partial charge in [-0.25, -0.2) is 9.37 Å². The summed E-state index contributed by atoms with van der Waals surface area (Å²) < 4.78 is 30.0. The molecule has 162 valence electrons. The fraction of sp³-hybridized carbons (Fsp3) is 0.333. The largest absolute Gasteiger partial charge is 0.497 e. The van der Waals surface area contributed by atoms with Crippen molar-refractivity contribution in [3.05, 3.63) is 77.8 Å². The van der Waals surface area contributed by atoms with Gasteiger partial charge in [0.15, 0.2) is 12.5 Å². The number of halogens is 1. The van der Waals surface area contributed by atoms with Crippen molar-refractivity contribution in [1.29, 1.82) is 0 Å². The van der Waals surface area contributed by atoms with Gasteiger partial charge < -0.3 is 18.8 Å². The van der Waals surface area contributed by atoms with Crippen molar-refractivity contribution >= 4 is 5.91 Å². The molecule has 2 aromatic carbocycles. The van der Waals surface area contributed by atoms with Gasteiger partial charge in [-0.2, -0.15) is 0 Å². The summed E-state index contributed by atoms with van der Waals surface area (Å²) in [5.74, 6) is 2.11. The Morgan fingerprint density at radius 2 is 2.06 bits per heavy atom. The van der Waals surface area contributed by atoms with Crippen LogP contribution in [0.15, 0.2) is 59.1 Å². The van der Waals surface area contributed by atoms with E-state index in [4.69, 9.17) is 13.9 Å². The molecule has 1 atom stereocenters. The second kappa shape index (κ2) is 9.64. The number of hydrogen-bond donors (Lipinski definition) is 0. The van der Waals surface area contributed by atoms with Crippen LogP contribution in [0.4, 0.5) is 4.39 Å². The van der Waals surface area contributed by atoms with Gasteiger partial charge in [0, 0.05) is 25.6 Å². The van der Waals surface area contributed by atoms with Crippen molar-refractivity contribution in [3.8, 4) is 11.5 Å². The molecule has 0 N–H and O–H groups in total. The molecule has 1 aromatic heterocycles. The molecular formula is C24H25FN2O4. The van der Waals surface area contributed by atoms with Crippen molar-refractivity contribution in [2.75, 3.05) is 26.8 Å². The van der Waals surface area contributed by atoms with E-state index in [-0.39, 0.29) is 18.4 Å². The maximum absolute atomic E-state index is 13.3. The third kappa shape index (κ3) is 5.42. The first-order valence-electron chi connectivity index (χ1n) is 10.3. The van der Waals surface area contributed by atoms with E-state index in [0.717, 1.165) is 29.9 Å². The summed E-state index contributed by atoms with van der Waals surface area (Å²) in [4.78, 5) is 18.8. The number of likely N-dealkylation sites (tertiary alicyclic amines) is 1. The molecule has 7 heteroatoms. The summed E-state index contributed by atoms with van der Waals surface area (Å²) in [6.07, 6.45) is 4.15. The van der Waals surface area contributed by atoms with Crippen LogP contribution in [-0.2, 0) is 11.2 Å². The predicted molar refractivity (Wildman–Crippen MR) is 113 cm³/mol. The average Bonchev–Trinajstić information content (AvgIpc) is 3.26. The Bertz CT molecular complexity index is 1040. The fourth-order valence-corrected chi connectivity index (χ4v) is 3.78. The molecule has 1 saturated heterocycles. The fourth-order valence-electron chi connectivity index (χ4n) is 3.78. The van der Waals surface area contributed by atoms with E-state index in [0.29, 0.717) is 31.2 Å². The number of piperidine rings is 1. The van der Waals surface area contributed by atoms with Crippen LogP contribution < -0.4 is 9.47 Å². The van der Waals surface area contributed by atoms with Gasteiger partial charge in [-0.15, -0.1) is 0 Å². The molecule has 0 radical (unpaired) electrons. The van der Waals surface area contributed by atoms with E-state index in [1.807, 2.05) is 24.3 Å². The van der Waals surface area contributed by atoms with Crippen LogP contribution in [0.2, 0.25) is 0 Å². The number of nitrogens with zero attached hydrogens (tertiary/aromatic N) is 2. The van der Waals surface area contributed by atoms with Gasteiger partial charge in [0.25, 0.3) is 5.91 Å². The van der Waals surface area contributed by atoms with E-state index >= 15 is 0 Å². The molecule has 0 bridgehead atoms. The van der Waals surface area contributed by atoms with Crippen LogP contribution in [0.3, 0.4) is 0 Å². The lowest BCUT2D eigenvalue weighted by atomic mass is 9.98. The van der Waals surface area contributed by atoms with E-state index in [9.17, 15) is 9.18 Å². The lowest BCUT2D eigenvalue weighted by Gasteiger charge is -2.31. The van der Waals surface area contributed by atoms with Gasteiger partial charge in [-0.3, -0.25) is 4.79 Å². The number of carbonyl (C=O) groups excluding carboxylic acids is 1. The number of ether oxygens (including phenoxy) is 2. The van der Waals surface area contributed by atoms with Crippen LogP contribution in [-0.4, -0.2) is 42.6 Å².